The maximum Gasteiger partial charge on any atom is 0.236 e. The molecule has 0 bridgehead atoms. The maximum atomic E-state index is 12.0. The van der Waals surface area contributed by atoms with Crippen molar-refractivity contribution in [1.29, 1.82) is 0 Å². The van der Waals surface area contributed by atoms with Crippen LogP contribution in [-0.2, 0) is 4.79 Å². The molecule has 1 amide bonds. The SMILES string of the molecule is CCCCCCN(CCO)C(=O)CNC(C)(C)C. The molecular weight excluding hydrogens is 228 g/mol. The highest BCUT2D eigenvalue weighted by Gasteiger charge is 2.16. The van der Waals surface area contributed by atoms with Crippen molar-refractivity contribution in [3.63, 3.8) is 0 Å². The summed E-state index contributed by atoms with van der Waals surface area (Å²) in [5, 5.41) is 12.2. The Balaban J connectivity index is 4.02. The zero-order chi connectivity index (χ0) is 14.0. The van der Waals surface area contributed by atoms with Gasteiger partial charge in [-0.2, -0.15) is 0 Å². The lowest BCUT2D eigenvalue weighted by Gasteiger charge is -2.25. The van der Waals surface area contributed by atoms with Gasteiger partial charge in [0, 0.05) is 18.6 Å². The Morgan fingerprint density at radius 3 is 2.33 bits per heavy atom. The van der Waals surface area contributed by atoms with Crippen LogP contribution in [0, 0.1) is 0 Å². The fourth-order valence-corrected chi connectivity index (χ4v) is 1.66. The van der Waals surface area contributed by atoms with Gasteiger partial charge in [0.15, 0.2) is 0 Å². The number of unbranched alkanes of at least 4 members (excludes halogenated alkanes) is 3. The molecule has 18 heavy (non-hydrogen) atoms. The lowest BCUT2D eigenvalue weighted by Crippen LogP contribution is -2.45. The van der Waals surface area contributed by atoms with Crippen LogP contribution in [0.5, 0.6) is 0 Å². The van der Waals surface area contributed by atoms with Gasteiger partial charge in [0.05, 0.1) is 13.2 Å². The van der Waals surface area contributed by atoms with E-state index < -0.39 is 0 Å². The Morgan fingerprint density at radius 1 is 1.17 bits per heavy atom. The zero-order valence-corrected chi connectivity index (χ0v) is 12.5. The summed E-state index contributed by atoms with van der Waals surface area (Å²) in [5.41, 5.74) is -0.0528. The second-order valence-corrected chi connectivity index (χ2v) is 5.77. The van der Waals surface area contributed by atoms with Gasteiger partial charge in [-0.25, -0.2) is 0 Å². The molecule has 0 spiro atoms. The summed E-state index contributed by atoms with van der Waals surface area (Å²) < 4.78 is 0. The van der Waals surface area contributed by atoms with E-state index in [1.165, 1.54) is 12.8 Å². The van der Waals surface area contributed by atoms with Crippen LogP contribution in [0.15, 0.2) is 0 Å². The van der Waals surface area contributed by atoms with Crippen molar-refractivity contribution in [3.8, 4) is 0 Å². The van der Waals surface area contributed by atoms with Gasteiger partial charge in [0.2, 0.25) is 5.91 Å². The first-order chi connectivity index (χ1) is 8.40. The van der Waals surface area contributed by atoms with E-state index in [4.69, 9.17) is 5.11 Å². The van der Waals surface area contributed by atoms with Crippen molar-refractivity contribution in [2.24, 2.45) is 0 Å². The van der Waals surface area contributed by atoms with Crippen molar-refractivity contribution >= 4 is 5.91 Å². The molecule has 0 fully saturated rings. The first-order valence-corrected chi connectivity index (χ1v) is 7.04. The number of carbonyl (C=O) groups excluding carboxylic acids is 1. The van der Waals surface area contributed by atoms with E-state index in [0.29, 0.717) is 13.1 Å². The smallest absolute Gasteiger partial charge is 0.236 e. The van der Waals surface area contributed by atoms with E-state index in [1.54, 1.807) is 4.90 Å². The summed E-state index contributed by atoms with van der Waals surface area (Å²) in [6.07, 6.45) is 4.58. The summed E-state index contributed by atoms with van der Waals surface area (Å²) in [6, 6.07) is 0. The van der Waals surface area contributed by atoms with Gasteiger partial charge >= 0.3 is 0 Å². The standard InChI is InChI=1S/C14H30N2O2/c1-5-6-7-8-9-16(10-11-17)13(18)12-15-14(2,3)4/h15,17H,5-12H2,1-4H3. The van der Waals surface area contributed by atoms with Gasteiger partial charge in [-0.1, -0.05) is 26.2 Å². The Bertz CT molecular complexity index is 224. The van der Waals surface area contributed by atoms with Crippen LogP contribution < -0.4 is 5.32 Å². The lowest BCUT2D eigenvalue weighted by molar-refractivity contribution is -0.131. The van der Waals surface area contributed by atoms with Gasteiger partial charge in [-0.3, -0.25) is 4.79 Å². The second kappa shape index (κ2) is 9.34. The quantitative estimate of drug-likeness (QED) is 0.620. The summed E-state index contributed by atoms with van der Waals surface area (Å²) in [7, 11) is 0. The average Bonchev–Trinajstić information content (AvgIpc) is 2.29. The predicted octanol–water partition coefficient (Wildman–Crippen LogP) is 1.78. The molecule has 2 N–H and O–H groups in total. The predicted molar refractivity (Wildman–Crippen MR) is 75.6 cm³/mol. The van der Waals surface area contributed by atoms with Gasteiger partial charge in [-0.05, 0) is 27.2 Å². The fourth-order valence-electron chi connectivity index (χ4n) is 1.66. The second-order valence-electron chi connectivity index (χ2n) is 5.77. The molecule has 4 nitrogen and oxygen atoms in total. The molecule has 0 heterocycles. The lowest BCUT2D eigenvalue weighted by atomic mass is 10.1. The highest BCUT2D eigenvalue weighted by molar-refractivity contribution is 5.78. The number of hydrogen-bond donors (Lipinski definition) is 2. The van der Waals surface area contributed by atoms with E-state index in [-0.39, 0.29) is 18.1 Å². The molecule has 0 aliphatic rings. The van der Waals surface area contributed by atoms with Crippen LogP contribution >= 0.6 is 0 Å². The van der Waals surface area contributed by atoms with E-state index >= 15 is 0 Å². The number of amides is 1. The third-order valence-electron chi connectivity index (χ3n) is 2.77. The van der Waals surface area contributed by atoms with Gasteiger partial charge in [-0.15, -0.1) is 0 Å². The summed E-state index contributed by atoms with van der Waals surface area (Å²) in [6.45, 7) is 9.87. The van der Waals surface area contributed by atoms with Crippen molar-refractivity contribution in [2.45, 2.75) is 58.9 Å². The monoisotopic (exact) mass is 258 g/mol. The Hall–Kier alpha value is -0.610. The Kier molecular flexibility index (Phi) is 9.02. The minimum Gasteiger partial charge on any atom is -0.395 e. The number of aliphatic hydroxyl groups excluding tert-OH is 1. The highest BCUT2D eigenvalue weighted by Crippen LogP contribution is 2.03. The number of rotatable bonds is 9. The molecule has 0 unspecified atom stereocenters. The number of nitrogens with zero attached hydrogens (tertiary/aromatic N) is 1. The maximum absolute atomic E-state index is 12.0. The highest BCUT2D eigenvalue weighted by atomic mass is 16.3. The van der Waals surface area contributed by atoms with Crippen molar-refractivity contribution in [3.05, 3.63) is 0 Å². The molecule has 0 aromatic carbocycles. The molecule has 0 radical (unpaired) electrons. The van der Waals surface area contributed by atoms with E-state index in [0.717, 1.165) is 19.4 Å². The first kappa shape index (κ1) is 17.4. The molecule has 0 saturated heterocycles. The van der Waals surface area contributed by atoms with Crippen molar-refractivity contribution in [1.82, 2.24) is 10.2 Å². The minimum absolute atomic E-state index is 0.0367. The van der Waals surface area contributed by atoms with Gasteiger partial charge in [0.25, 0.3) is 0 Å². The first-order valence-electron chi connectivity index (χ1n) is 7.04. The van der Waals surface area contributed by atoms with Crippen molar-refractivity contribution in [2.75, 3.05) is 26.2 Å². The minimum atomic E-state index is -0.0528. The molecule has 0 aliphatic carbocycles. The molecule has 0 rings (SSSR count). The number of hydrogen-bond acceptors (Lipinski definition) is 3. The summed E-state index contributed by atoms with van der Waals surface area (Å²) in [4.78, 5) is 13.8. The largest absolute Gasteiger partial charge is 0.395 e. The topological polar surface area (TPSA) is 52.6 Å². The Labute approximate surface area is 112 Å². The normalized spacial score (nSPS) is 11.6. The zero-order valence-electron chi connectivity index (χ0n) is 12.5. The Morgan fingerprint density at radius 2 is 1.83 bits per heavy atom. The fraction of sp³-hybridized carbons (Fsp3) is 0.929. The number of nitrogens with one attached hydrogen (secondary N) is 1. The molecule has 108 valence electrons. The van der Waals surface area contributed by atoms with Crippen LogP contribution in [0.3, 0.4) is 0 Å². The van der Waals surface area contributed by atoms with Crippen LogP contribution in [-0.4, -0.2) is 47.7 Å². The summed E-state index contributed by atoms with van der Waals surface area (Å²) >= 11 is 0. The summed E-state index contributed by atoms with van der Waals surface area (Å²) in [5.74, 6) is 0.0791. The van der Waals surface area contributed by atoms with Crippen LogP contribution in [0.1, 0.15) is 53.4 Å². The molecular formula is C14H30N2O2. The molecule has 0 aromatic heterocycles. The van der Waals surface area contributed by atoms with Gasteiger partial charge in [0.1, 0.15) is 0 Å². The van der Waals surface area contributed by atoms with Crippen LogP contribution in [0.2, 0.25) is 0 Å². The molecule has 4 heteroatoms. The van der Waals surface area contributed by atoms with Crippen LogP contribution in [0.4, 0.5) is 0 Å². The van der Waals surface area contributed by atoms with Crippen LogP contribution in [0.25, 0.3) is 0 Å². The number of carbonyl (C=O) groups is 1. The van der Waals surface area contributed by atoms with E-state index in [2.05, 4.69) is 12.2 Å². The number of aliphatic hydroxyl groups is 1. The van der Waals surface area contributed by atoms with E-state index in [9.17, 15) is 4.79 Å². The van der Waals surface area contributed by atoms with E-state index in [1.807, 2.05) is 20.8 Å². The van der Waals surface area contributed by atoms with Gasteiger partial charge < -0.3 is 15.3 Å². The average molecular weight is 258 g/mol. The third kappa shape index (κ3) is 9.42. The molecule has 0 saturated carbocycles. The molecule has 0 aliphatic heterocycles. The molecule has 0 atom stereocenters. The van der Waals surface area contributed by atoms with Crippen molar-refractivity contribution < 1.29 is 9.90 Å². The third-order valence-corrected chi connectivity index (χ3v) is 2.77. The molecule has 0 aromatic rings.